The molecule has 6 heteroatoms. The third kappa shape index (κ3) is 2.97. The zero-order valence-corrected chi connectivity index (χ0v) is 9.96. The first kappa shape index (κ1) is 11.9. The van der Waals surface area contributed by atoms with Crippen molar-refractivity contribution in [2.24, 2.45) is 0 Å². The SMILES string of the molecule is CNC1CCCCN(Cc2ncncn2)C1=O. The van der Waals surface area contributed by atoms with Crippen LogP contribution in [0.1, 0.15) is 25.1 Å². The van der Waals surface area contributed by atoms with Crippen LogP contribution in [0, 0.1) is 0 Å². The molecule has 1 fully saturated rings. The van der Waals surface area contributed by atoms with Crippen LogP contribution in [0.2, 0.25) is 0 Å². The number of nitrogens with one attached hydrogen (secondary N) is 1. The van der Waals surface area contributed by atoms with Crippen molar-refractivity contribution in [3.63, 3.8) is 0 Å². The van der Waals surface area contributed by atoms with Crippen molar-refractivity contribution in [1.82, 2.24) is 25.2 Å². The van der Waals surface area contributed by atoms with E-state index in [4.69, 9.17) is 0 Å². The highest BCUT2D eigenvalue weighted by Gasteiger charge is 2.25. The molecule has 2 heterocycles. The van der Waals surface area contributed by atoms with Crippen molar-refractivity contribution in [1.29, 1.82) is 0 Å². The molecule has 1 aromatic rings. The van der Waals surface area contributed by atoms with E-state index in [2.05, 4.69) is 20.3 Å². The third-order valence-electron chi connectivity index (χ3n) is 3.01. The first-order valence-corrected chi connectivity index (χ1v) is 5.88. The summed E-state index contributed by atoms with van der Waals surface area (Å²) in [6.45, 7) is 1.25. The summed E-state index contributed by atoms with van der Waals surface area (Å²) >= 11 is 0. The fourth-order valence-corrected chi connectivity index (χ4v) is 2.05. The molecular weight excluding hydrogens is 218 g/mol. The number of carbonyl (C=O) groups excluding carboxylic acids is 1. The molecule has 1 atom stereocenters. The minimum atomic E-state index is -0.0701. The van der Waals surface area contributed by atoms with Crippen LogP contribution in [-0.2, 0) is 11.3 Å². The lowest BCUT2D eigenvalue weighted by molar-refractivity contribution is -0.133. The molecule has 0 saturated carbocycles. The fourth-order valence-electron chi connectivity index (χ4n) is 2.05. The molecule has 0 radical (unpaired) electrons. The van der Waals surface area contributed by atoms with Gasteiger partial charge in [-0.3, -0.25) is 4.79 Å². The van der Waals surface area contributed by atoms with Gasteiger partial charge >= 0.3 is 0 Å². The van der Waals surface area contributed by atoms with Gasteiger partial charge in [0.1, 0.15) is 12.7 Å². The molecule has 1 N–H and O–H groups in total. The van der Waals surface area contributed by atoms with Gasteiger partial charge in [0.25, 0.3) is 0 Å². The first-order valence-electron chi connectivity index (χ1n) is 5.88. The Labute approximate surface area is 100 Å². The molecule has 0 spiro atoms. The van der Waals surface area contributed by atoms with Crippen LogP contribution in [0.3, 0.4) is 0 Å². The number of amides is 1. The molecule has 17 heavy (non-hydrogen) atoms. The summed E-state index contributed by atoms with van der Waals surface area (Å²) < 4.78 is 0. The predicted octanol–water partition coefficient (Wildman–Crippen LogP) is -0.0279. The lowest BCUT2D eigenvalue weighted by Crippen LogP contribution is -2.43. The summed E-state index contributed by atoms with van der Waals surface area (Å²) in [5.41, 5.74) is 0. The van der Waals surface area contributed by atoms with Crippen LogP contribution < -0.4 is 5.32 Å². The molecule has 1 amide bonds. The molecular formula is C11H17N5O. The van der Waals surface area contributed by atoms with Crippen LogP contribution >= 0.6 is 0 Å². The van der Waals surface area contributed by atoms with Gasteiger partial charge in [-0.25, -0.2) is 15.0 Å². The fraction of sp³-hybridized carbons (Fsp3) is 0.636. The van der Waals surface area contributed by atoms with Gasteiger partial charge in [-0.1, -0.05) is 0 Å². The number of rotatable bonds is 3. The Morgan fingerprint density at radius 1 is 1.41 bits per heavy atom. The lowest BCUT2D eigenvalue weighted by atomic mass is 10.1. The van der Waals surface area contributed by atoms with Crippen molar-refractivity contribution in [3.8, 4) is 0 Å². The van der Waals surface area contributed by atoms with E-state index in [0.29, 0.717) is 12.4 Å². The second-order valence-corrected chi connectivity index (χ2v) is 4.15. The number of nitrogens with zero attached hydrogens (tertiary/aromatic N) is 4. The van der Waals surface area contributed by atoms with E-state index in [0.717, 1.165) is 25.8 Å². The monoisotopic (exact) mass is 235 g/mol. The second-order valence-electron chi connectivity index (χ2n) is 4.15. The van der Waals surface area contributed by atoms with Gasteiger partial charge in [-0.2, -0.15) is 0 Å². The minimum absolute atomic E-state index is 0.0701. The maximum atomic E-state index is 12.2. The summed E-state index contributed by atoms with van der Waals surface area (Å²) in [5.74, 6) is 0.788. The van der Waals surface area contributed by atoms with Gasteiger partial charge in [-0.15, -0.1) is 0 Å². The van der Waals surface area contributed by atoms with Crippen molar-refractivity contribution < 1.29 is 4.79 Å². The number of hydrogen-bond donors (Lipinski definition) is 1. The number of hydrogen-bond acceptors (Lipinski definition) is 5. The molecule has 2 rings (SSSR count). The summed E-state index contributed by atoms with van der Waals surface area (Å²) in [7, 11) is 1.83. The van der Waals surface area contributed by atoms with E-state index in [1.54, 1.807) is 0 Å². The highest BCUT2D eigenvalue weighted by molar-refractivity contribution is 5.82. The highest BCUT2D eigenvalue weighted by Crippen LogP contribution is 2.13. The smallest absolute Gasteiger partial charge is 0.240 e. The average Bonchev–Trinajstić information content (AvgIpc) is 2.54. The van der Waals surface area contributed by atoms with E-state index in [-0.39, 0.29) is 11.9 Å². The molecule has 1 aliphatic rings. The predicted molar refractivity (Wildman–Crippen MR) is 61.9 cm³/mol. The van der Waals surface area contributed by atoms with Gasteiger partial charge < -0.3 is 10.2 Å². The number of aromatic nitrogens is 3. The van der Waals surface area contributed by atoms with Crippen LogP contribution in [-0.4, -0.2) is 45.4 Å². The maximum Gasteiger partial charge on any atom is 0.240 e. The quantitative estimate of drug-likeness (QED) is 0.796. The van der Waals surface area contributed by atoms with E-state index >= 15 is 0 Å². The van der Waals surface area contributed by atoms with E-state index in [9.17, 15) is 4.79 Å². The molecule has 92 valence electrons. The number of carbonyl (C=O) groups is 1. The highest BCUT2D eigenvalue weighted by atomic mass is 16.2. The largest absolute Gasteiger partial charge is 0.334 e. The molecule has 0 bridgehead atoms. The number of likely N-dealkylation sites (N-methyl/N-ethyl adjacent to an activating group) is 1. The Morgan fingerprint density at radius 3 is 2.88 bits per heavy atom. The van der Waals surface area contributed by atoms with Gasteiger partial charge in [0.15, 0.2) is 5.82 Å². The summed E-state index contributed by atoms with van der Waals surface area (Å²) in [6, 6.07) is -0.0701. The van der Waals surface area contributed by atoms with E-state index in [1.807, 2.05) is 11.9 Å². The Morgan fingerprint density at radius 2 is 2.18 bits per heavy atom. The topological polar surface area (TPSA) is 71.0 Å². The van der Waals surface area contributed by atoms with Crippen LogP contribution in [0.25, 0.3) is 0 Å². The van der Waals surface area contributed by atoms with Crippen LogP contribution in [0.15, 0.2) is 12.7 Å². The molecule has 6 nitrogen and oxygen atoms in total. The first-order chi connectivity index (χ1) is 8.31. The zero-order chi connectivity index (χ0) is 12.1. The van der Waals surface area contributed by atoms with E-state index in [1.165, 1.54) is 12.7 Å². The van der Waals surface area contributed by atoms with Crippen molar-refractivity contribution in [3.05, 3.63) is 18.5 Å². The van der Waals surface area contributed by atoms with Gasteiger partial charge in [-0.05, 0) is 26.3 Å². The Kier molecular flexibility index (Phi) is 3.98. The average molecular weight is 235 g/mol. The molecule has 0 aliphatic carbocycles. The van der Waals surface area contributed by atoms with Crippen LogP contribution in [0.4, 0.5) is 0 Å². The summed E-state index contributed by atoms with van der Waals surface area (Å²) in [5, 5.41) is 3.07. The second kappa shape index (κ2) is 5.67. The van der Waals surface area contributed by atoms with Crippen molar-refractivity contribution >= 4 is 5.91 Å². The van der Waals surface area contributed by atoms with Crippen molar-refractivity contribution in [2.75, 3.05) is 13.6 Å². The van der Waals surface area contributed by atoms with Gasteiger partial charge in [0.2, 0.25) is 5.91 Å². The Bertz CT molecular complexity index is 369. The van der Waals surface area contributed by atoms with Gasteiger partial charge in [0, 0.05) is 6.54 Å². The van der Waals surface area contributed by atoms with Gasteiger partial charge in [0.05, 0.1) is 12.6 Å². The normalized spacial score (nSPS) is 21.4. The molecule has 1 saturated heterocycles. The Balaban J connectivity index is 2.06. The molecule has 0 aromatic carbocycles. The standard InChI is InChI=1S/C11H17N5O/c1-12-9-4-2-3-5-16(11(9)17)6-10-14-7-13-8-15-10/h7-9,12H,2-6H2,1H3. The molecule has 1 aromatic heterocycles. The van der Waals surface area contributed by atoms with Crippen molar-refractivity contribution in [2.45, 2.75) is 31.8 Å². The minimum Gasteiger partial charge on any atom is -0.334 e. The molecule has 1 unspecified atom stereocenters. The van der Waals surface area contributed by atoms with Crippen LogP contribution in [0.5, 0.6) is 0 Å². The molecule has 1 aliphatic heterocycles. The van der Waals surface area contributed by atoms with E-state index < -0.39 is 0 Å². The number of likely N-dealkylation sites (tertiary alicyclic amines) is 1. The Hall–Kier alpha value is -1.56. The summed E-state index contributed by atoms with van der Waals surface area (Å²) in [6.07, 6.45) is 5.93. The zero-order valence-electron chi connectivity index (χ0n) is 9.96. The lowest BCUT2D eigenvalue weighted by Gasteiger charge is -2.23. The summed E-state index contributed by atoms with van der Waals surface area (Å²) in [4.78, 5) is 25.9. The third-order valence-corrected chi connectivity index (χ3v) is 3.01. The maximum absolute atomic E-state index is 12.2.